The minimum atomic E-state index is -0.0737. The summed E-state index contributed by atoms with van der Waals surface area (Å²) in [5, 5.41) is 0. The van der Waals surface area contributed by atoms with Gasteiger partial charge in [0.05, 0.1) is 11.3 Å². The fraction of sp³-hybridized carbons (Fsp3) is 0.455. The van der Waals surface area contributed by atoms with E-state index in [1.54, 1.807) is 24.2 Å². The van der Waals surface area contributed by atoms with Crippen molar-refractivity contribution in [3.63, 3.8) is 0 Å². The average Bonchev–Trinajstić information content (AvgIpc) is 2.35. The normalized spacial score (nSPS) is 12.0. The van der Waals surface area contributed by atoms with Crippen LogP contribution in [0.2, 0.25) is 0 Å². The summed E-state index contributed by atoms with van der Waals surface area (Å²) in [6.07, 6.45) is 4.03. The van der Waals surface area contributed by atoms with Crippen LogP contribution in [0.25, 0.3) is 0 Å². The van der Waals surface area contributed by atoms with E-state index in [-0.39, 0.29) is 11.9 Å². The Labute approximate surface area is 95.6 Å². The molecule has 0 radical (unpaired) electrons. The van der Waals surface area contributed by atoms with Crippen molar-refractivity contribution in [1.82, 2.24) is 9.88 Å². The topological polar surface area (TPSA) is 71.2 Å². The lowest BCUT2D eigenvalue weighted by atomic mass is 10.1. The number of hydrogen-bond acceptors (Lipinski definition) is 4. The van der Waals surface area contributed by atoms with E-state index in [0.717, 1.165) is 6.42 Å². The third kappa shape index (κ3) is 2.49. The smallest absolute Gasteiger partial charge is 0.257 e. The molecule has 0 aliphatic heterocycles. The Morgan fingerprint density at radius 2 is 2.38 bits per heavy atom. The second kappa shape index (κ2) is 5.46. The van der Waals surface area contributed by atoms with Crippen LogP contribution >= 0.6 is 0 Å². The predicted molar refractivity (Wildman–Crippen MR) is 63.9 cm³/mol. The van der Waals surface area contributed by atoms with Gasteiger partial charge in [0.25, 0.3) is 5.91 Å². The first-order chi connectivity index (χ1) is 7.61. The Kier molecular flexibility index (Phi) is 4.25. The summed E-state index contributed by atoms with van der Waals surface area (Å²) >= 11 is 0. The molecule has 0 saturated heterocycles. The third-order valence-corrected chi connectivity index (χ3v) is 2.78. The van der Waals surface area contributed by atoms with E-state index in [9.17, 15) is 4.79 Å². The molecule has 0 spiro atoms. The molecule has 1 rings (SSSR count). The van der Waals surface area contributed by atoms with E-state index >= 15 is 0 Å². The Morgan fingerprint density at radius 3 is 2.94 bits per heavy atom. The lowest BCUT2D eigenvalue weighted by Gasteiger charge is -2.24. The average molecular weight is 222 g/mol. The van der Waals surface area contributed by atoms with E-state index in [4.69, 9.17) is 5.84 Å². The van der Waals surface area contributed by atoms with Gasteiger partial charge in [0, 0.05) is 25.5 Å². The van der Waals surface area contributed by atoms with Crippen LogP contribution in [-0.2, 0) is 0 Å². The van der Waals surface area contributed by atoms with Crippen LogP contribution < -0.4 is 11.3 Å². The highest BCUT2D eigenvalue weighted by molar-refractivity contribution is 5.99. The lowest BCUT2D eigenvalue weighted by molar-refractivity contribution is 0.0741. The predicted octanol–water partition coefficient (Wildman–Crippen LogP) is 1.24. The molecule has 0 fully saturated rings. The first-order valence-electron chi connectivity index (χ1n) is 5.29. The quantitative estimate of drug-likeness (QED) is 0.594. The summed E-state index contributed by atoms with van der Waals surface area (Å²) in [4.78, 5) is 17.7. The number of pyridine rings is 1. The molecule has 0 bridgehead atoms. The Bertz CT molecular complexity index is 367. The zero-order chi connectivity index (χ0) is 12.1. The number of anilines is 1. The second-order valence-electron chi connectivity index (χ2n) is 3.74. The molecule has 3 N–H and O–H groups in total. The van der Waals surface area contributed by atoms with Gasteiger partial charge in [-0.05, 0) is 19.4 Å². The van der Waals surface area contributed by atoms with Crippen LogP contribution in [0.5, 0.6) is 0 Å². The number of hydrogen-bond donors (Lipinski definition) is 2. The van der Waals surface area contributed by atoms with E-state index in [0.29, 0.717) is 11.3 Å². The number of carbonyl (C=O) groups excluding carboxylic acids is 1. The minimum absolute atomic E-state index is 0.0737. The summed E-state index contributed by atoms with van der Waals surface area (Å²) < 4.78 is 0. The molecule has 5 heteroatoms. The minimum Gasteiger partial charge on any atom is -0.339 e. The summed E-state index contributed by atoms with van der Waals surface area (Å²) in [7, 11) is 1.78. The summed E-state index contributed by atoms with van der Waals surface area (Å²) in [5.41, 5.74) is 3.59. The zero-order valence-corrected chi connectivity index (χ0v) is 9.90. The highest BCUT2D eigenvalue weighted by atomic mass is 16.2. The fourth-order valence-corrected chi connectivity index (χ4v) is 1.35. The number of carbonyl (C=O) groups is 1. The first-order valence-corrected chi connectivity index (χ1v) is 5.29. The lowest BCUT2D eigenvalue weighted by Crippen LogP contribution is -2.35. The number of nitrogen functional groups attached to an aromatic ring is 1. The molecule has 0 aromatic carbocycles. The van der Waals surface area contributed by atoms with Crippen LogP contribution in [0.3, 0.4) is 0 Å². The molecule has 1 amide bonds. The summed E-state index contributed by atoms with van der Waals surface area (Å²) in [6, 6.07) is 1.87. The molecule has 0 aliphatic rings. The van der Waals surface area contributed by atoms with Gasteiger partial charge in [-0.2, -0.15) is 0 Å². The van der Waals surface area contributed by atoms with Crippen molar-refractivity contribution in [2.75, 3.05) is 12.5 Å². The Hall–Kier alpha value is -1.62. The standard InChI is InChI=1S/C11H18N4O/c1-4-8(2)15(3)11(16)9-7-13-6-5-10(9)14-12/h5-8H,4,12H2,1-3H3,(H,13,14). The third-order valence-electron chi connectivity index (χ3n) is 2.78. The fourth-order valence-electron chi connectivity index (χ4n) is 1.35. The van der Waals surface area contributed by atoms with Crippen LogP contribution in [-0.4, -0.2) is 28.9 Å². The van der Waals surface area contributed by atoms with Gasteiger partial charge in [-0.3, -0.25) is 15.6 Å². The highest BCUT2D eigenvalue weighted by Crippen LogP contribution is 2.15. The Morgan fingerprint density at radius 1 is 1.69 bits per heavy atom. The molecule has 88 valence electrons. The molecule has 0 saturated carbocycles. The molecule has 1 unspecified atom stereocenters. The van der Waals surface area contributed by atoms with E-state index < -0.39 is 0 Å². The van der Waals surface area contributed by atoms with Crippen molar-refractivity contribution in [2.45, 2.75) is 26.3 Å². The molecular weight excluding hydrogens is 204 g/mol. The highest BCUT2D eigenvalue weighted by Gasteiger charge is 2.18. The molecule has 1 heterocycles. The number of nitrogens with two attached hydrogens (primary N) is 1. The van der Waals surface area contributed by atoms with Gasteiger partial charge in [0.1, 0.15) is 0 Å². The molecule has 1 aromatic heterocycles. The van der Waals surface area contributed by atoms with Gasteiger partial charge in [-0.25, -0.2) is 0 Å². The van der Waals surface area contributed by atoms with Crippen molar-refractivity contribution in [1.29, 1.82) is 0 Å². The monoisotopic (exact) mass is 222 g/mol. The van der Waals surface area contributed by atoms with Crippen molar-refractivity contribution >= 4 is 11.6 Å². The first kappa shape index (κ1) is 12.4. The number of rotatable bonds is 4. The van der Waals surface area contributed by atoms with Gasteiger partial charge in [-0.15, -0.1) is 0 Å². The van der Waals surface area contributed by atoms with Crippen molar-refractivity contribution in [3.8, 4) is 0 Å². The van der Waals surface area contributed by atoms with Crippen LogP contribution in [0.1, 0.15) is 30.6 Å². The van der Waals surface area contributed by atoms with Gasteiger partial charge >= 0.3 is 0 Å². The largest absolute Gasteiger partial charge is 0.339 e. The summed E-state index contributed by atoms with van der Waals surface area (Å²) in [5.74, 6) is 5.27. The molecule has 16 heavy (non-hydrogen) atoms. The zero-order valence-electron chi connectivity index (χ0n) is 9.90. The summed E-state index contributed by atoms with van der Waals surface area (Å²) in [6.45, 7) is 4.05. The molecule has 1 atom stereocenters. The van der Waals surface area contributed by atoms with E-state index in [1.165, 1.54) is 6.20 Å². The van der Waals surface area contributed by atoms with Crippen LogP contribution in [0.4, 0.5) is 5.69 Å². The molecule has 5 nitrogen and oxygen atoms in total. The number of nitrogens with one attached hydrogen (secondary N) is 1. The molecule has 0 aliphatic carbocycles. The van der Waals surface area contributed by atoms with E-state index in [2.05, 4.69) is 10.4 Å². The number of aromatic nitrogens is 1. The Balaban J connectivity index is 2.95. The van der Waals surface area contributed by atoms with Gasteiger partial charge in [0.15, 0.2) is 0 Å². The molecule has 1 aromatic rings. The maximum absolute atomic E-state index is 12.1. The van der Waals surface area contributed by atoms with Crippen LogP contribution in [0.15, 0.2) is 18.5 Å². The van der Waals surface area contributed by atoms with Gasteiger partial charge < -0.3 is 10.3 Å². The molecular formula is C11H18N4O. The van der Waals surface area contributed by atoms with Crippen molar-refractivity contribution in [3.05, 3.63) is 24.0 Å². The number of amides is 1. The number of nitrogens with zero attached hydrogens (tertiary/aromatic N) is 2. The second-order valence-corrected chi connectivity index (χ2v) is 3.74. The van der Waals surface area contributed by atoms with E-state index in [1.807, 2.05) is 13.8 Å². The van der Waals surface area contributed by atoms with Gasteiger partial charge in [-0.1, -0.05) is 6.92 Å². The van der Waals surface area contributed by atoms with Crippen LogP contribution in [0, 0.1) is 0 Å². The van der Waals surface area contributed by atoms with Crippen molar-refractivity contribution < 1.29 is 4.79 Å². The number of hydrazine groups is 1. The van der Waals surface area contributed by atoms with Gasteiger partial charge in [0.2, 0.25) is 0 Å². The SMILES string of the molecule is CCC(C)N(C)C(=O)c1cnccc1NN. The van der Waals surface area contributed by atoms with Crippen molar-refractivity contribution in [2.24, 2.45) is 5.84 Å². The maximum atomic E-state index is 12.1. The maximum Gasteiger partial charge on any atom is 0.257 e.